The van der Waals surface area contributed by atoms with Gasteiger partial charge < -0.3 is 10.6 Å². The highest BCUT2D eigenvalue weighted by atomic mass is 32.1. The molecule has 0 fully saturated rings. The Bertz CT molecular complexity index is 739. The van der Waals surface area contributed by atoms with Crippen molar-refractivity contribution in [2.75, 3.05) is 10.6 Å². The van der Waals surface area contributed by atoms with E-state index in [1.165, 1.54) is 12.1 Å². The van der Waals surface area contributed by atoms with Crippen molar-refractivity contribution < 1.29 is 4.92 Å². The molecule has 120 valence electrons. The smallest absolute Gasteiger partial charge is 0.271 e. The second-order valence-electron chi connectivity index (χ2n) is 6.18. The largest absolute Gasteiger partial charge is 0.332 e. The van der Waals surface area contributed by atoms with Crippen molar-refractivity contribution in [1.29, 1.82) is 0 Å². The maximum Gasteiger partial charge on any atom is 0.271 e. The molecule has 0 aliphatic rings. The van der Waals surface area contributed by atoms with Crippen LogP contribution in [0.5, 0.6) is 0 Å². The van der Waals surface area contributed by atoms with Gasteiger partial charge in [0.2, 0.25) is 0 Å². The third kappa shape index (κ3) is 4.50. The van der Waals surface area contributed by atoms with Crippen molar-refractivity contribution in [3.8, 4) is 0 Å². The molecule has 2 aromatic carbocycles. The summed E-state index contributed by atoms with van der Waals surface area (Å²) in [7, 11) is 0. The van der Waals surface area contributed by atoms with Crippen LogP contribution >= 0.6 is 12.2 Å². The molecule has 6 heteroatoms. The molecule has 0 atom stereocenters. The van der Waals surface area contributed by atoms with E-state index in [9.17, 15) is 10.1 Å². The normalized spacial score (nSPS) is 10.9. The Morgan fingerprint density at radius 3 is 2.43 bits per heavy atom. The van der Waals surface area contributed by atoms with Gasteiger partial charge in [-0.05, 0) is 35.3 Å². The van der Waals surface area contributed by atoms with E-state index in [0.717, 1.165) is 11.3 Å². The number of nitro benzene ring substituents is 1. The molecule has 0 spiro atoms. The van der Waals surface area contributed by atoms with E-state index in [1.54, 1.807) is 12.1 Å². The number of rotatable bonds is 3. The van der Waals surface area contributed by atoms with E-state index in [-0.39, 0.29) is 11.1 Å². The van der Waals surface area contributed by atoms with Crippen molar-refractivity contribution in [3.05, 3.63) is 64.2 Å². The Kier molecular flexibility index (Phi) is 4.95. The predicted octanol–water partition coefficient (Wildman–Crippen LogP) is 4.70. The van der Waals surface area contributed by atoms with E-state index in [1.807, 2.05) is 18.2 Å². The van der Waals surface area contributed by atoms with Crippen LogP contribution in [-0.2, 0) is 5.41 Å². The summed E-state index contributed by atoms with van der Waals surface area (Å²) in [6.07, 6.45) is 0. The summed E-state index contributed by atoms with van der Waals surface area (Å²) in [4.78, 5) is 10.4. The lowest BCUT2D eigenvalue weighted by molar-refractivity contribution is -0.384. The quantitative estimate of drug-likeness (QED) is 0.485. The molecule has 0 aromatic heterocycles. The lowest BCUT2D eigenvalue weighted by atomic mass is 9.86. The Balaban J connectivity index is 2.15. The van der Waals surface area contributed by atoms with E-state index < -0.39 is 4.92 Å². The zero-order chi connectivity index (χ0) is 17.0. The molecule has 23 heavy (non-hydrogen) atoms. The van der Waals surface area contributed by atoms with Crippen LogP contribution in [0.25, 0.3) is 0 Å². The first-order valence-corrected chi connectivity index (χ1v) is 7.60. The molecule has 0 bridgehead atoms. The standard InChI is InChI=1S/C17H19N3O2S/c1-17(2,3)14-9-4-5-10-15(14)19-16(23)18-12-7-6-8-13(11-12)20(21)22/h4-11H,1-3H3,(H2,18,19,23). The van der Waals surface area contributed by atoms with Gasteiger partial charge in [-0.15, -0.1) is 0 Å². The molecule has 0 aliphatic carbocycles. The topological polar surface area (TPSA) is 67.2 Å². The molecule has 0 saturated heterocycles. The van der Waals surface area contributed by atoms with E-state index in [0.29, 0.717) is 10.8 Å². The molecule has 2 rings (SSSR count). The number of benzene rings is 2. The number of para-hydroxylation sites is 1. The summed E-state index contributed by atoms with van der Waals surface area (Å²) in [5.41, 5.74) is 2.63. The third-order valence-corrected chi connectivity index (χ3v) is 3.50. The monoisotopic (exact) mass is 329 g/mol. The number of nitrogens with zero attached hydrogens (tertiary/aromatic N) is 1. The first-order chi connectivity index (χ1) is 10.8. The van der Waals surface area contributed by atoms with Gasteiger partial charge in [-0.25, -0.2) is 0 Å². The van der Waals surface area contributed by atoms with Gasteiger partial charge >= 0.3 is 0 Å². The number of non-ortho nitro benzene ring substituents is 1. The van der Waals surface area contributed by atoms with Crippen LogP contribution in [0.15, 0.2) is 48.5 Å². The van der Waals surface area contributed by atoms with Gasteiger partial charge in [0, 0.05) is 23.5 Å². The average molecular weight is 329 g/mol. The van der Waals surface area contributed by atoms with Gasteiger partial charge in [-0.1, -0.05) is 45.0 Å². The summed E-state index contributed by atoms with van der Waals surface area (Å²) >= 11 is 5.32. The molecule has 2 aromatic rings. The summed E-state index contributed by atoms with van der Waals surface area (Å²) in [6, 6.07) is 14.2. The minimum absolute atomic E-state index is 0.0212. The molecule has 2 N–H and O–H groups in total. The van der Waals surface area contributed by atoms with Crippen molar-refractivity contribution in [3.63, 3.8) is 0 Å². The van der Waals surface area contributed by atoms with Crippen LogP contribution < -0.4 is 10.6 Å². The van der Waals surface area contributed by atoms with Crippen LogP contribution in [0.3, 0.4) is 0 Å². The third-order valence-electron chi connectivity index (χ3n) is 3.30. The molecule has 0 saturated carbocycles. The van der Waals surface area contributed by atoms with Crippen LogP contribution in [-0.4, -0.2) is 10.0 Å². The average Bonchev–Trinajstić information content (AvgIpc) is 2.46. The minimum atomic E-state index is -0.434. The molecule has 0 heterocycles. The molecule has 0 radical (unpaired) electrons. The Hall–Kier alpha value is -2.47. The van der Waals surface area contributed by atoms with Crippen LogP contribution in [0.2, 0.25) is 0 Å². The van der Waals surface area contributed by atoms with Crippen LogP contribution in [0.4, 0.5) is 17.1 Å². The molecule has 0 amide bonds. The minimum Gasteiger partial charge on any atom is -0.332 e. The van der Waals surface area contributed by atoms with Crippen molar-refractivity contribution in [2.24, 2.45) is 0 Å². The van der Waals surface area contributed by atoms with Gasteiger partial charge in [0.05, 0.1) is 4.92 Å². The highest BCUT2D eigenvalue weighted by Gasteiger charge is 2.18. The van der Waals surface area contributed by atoms with Crippen LogP contribution in [0, 0.1) is 10.1 Å². The number of hydrogen-bond acceptors (Lipinski definition) is 3. The van der Waals surface area contributed by atoms with Gasteiger partial charge in [0.15, 0.2) is 5.11 Å². The molecule has 0 aliphatic heterocycles. The first kappa shape index (κ1) is 16.9. The lowest BCUT2D eigenvalue weighted by Gasteiger charge is -2.23. The zero-order valence-electron chi connectivity index (χ0n) is 13.3. The molecule has 0 unspecified atom stereocenters. The zero-order valence-corrected chi connectivity index (χ0v) is 14.1. The van der Waals surface area contributed by atoms with Gasteiger partial charge in [-0.3, -0.25) is 10.1 Å². The van der Waals surface area contributed by atoms with E-state index in [2.05, 4.69) is 37.5 Å². The molecular weight excluding hydrogens is 310 g/mol. The fourth-order valence-electron chi connectivity index (χ4n) is 2.23. The second kappa shape index (κ2) is 6.75. The summed E-state index contributed by atoms with van der Waals surface area (Å²) in [6.45, 7) is 6.39. The summed E-state index contributed by atoms with van der Waals surface area (Å²) < 4.78 is 0. The van der Waals surface area contributed by atoms with E-state index >= 15 is 0 Å². The summed E-state index contributed by atoms with van der Waals surface area (Å²) in [5, 5.41) is 17.4. The Morgan fingerprint density at radius 2 is 1.78 bits per heavy atom. The maximum atomic E-state index is 10.8. The molecule has 5 nitrogen and oxygen atoms in total. The van der Waals surface area contributed by atoms with Gasteiger partial charge in [-0.2, -0.15) is 0 Å². The first-order valence-electron chi connectivity index (χ1n) is 7.19. The van der Waals surface area contributed by atoms with Crippen molar-refractivity contribution >= 4 is 34.4 Å². The lowest BCUT2D eigenvalue weighted by Crippen LogP contribution is -2.22. The van der Waals surface area contributed by atoms with Crippen molar-refractivity contribution in [1.82, 2.24) is 0 Å². The second-order valence-corrected chi connectivity index (χ2v) is 6.59. The highest BCUT2D eigenvalue weighted by molar-refractivity contribution is 7.80. The highest BCUT2D eigenvalue weighted by Crippen LogP contribution is 2.29. The fourth-order valence-corrected chi connectivity index (χ4v) is 2.46. The fraction of sp³-hybridized carbons (Fsp3) is 0.235. The predicted molar refractivity (Wildman–Crippen MR) is 98.1 cm³/mol. The number of anilines is 2. The van der Waals surface area contributed by atoms with Gasteiger partial charge in [0.25, 0.3) is 5.69 Å². The number of nitro groups is 1. The Morgan fingerprint density at radius 1 is 1.09 bits per heavy atom. The number of nitrogens with one attached hydrogen (secondary N) is 2. The van der Waals surface area contributed by atoms with Crippen molar-refractivity contribution in [2.45, 2.75) is 26.2 Å². The number of hydrogen-bond donors (Lipinski definition) is 2. The SMILES string of the molecule is CC(C)(C)c1ccccc1NC(=S)Nc1cccc([N+](=O)[O-])c1. The van der Waals surface area contributed by atoms with Gasteiger partial charge in [0.1, 0.15) is 0 Å². The van der Waals surface area contributed by atoms with Crippen LogP contribution in [0.1, 0.15) is 26.3 Å². The molecular formula is C17H19N3O2S. The summed E-state index contributed by atoms with van der Waals surface area (Å²) in [5.74, 6) is 0. The van der Waals surface area contributed by atoms with E-state index in [4.69, 9.17) is 12.2 Å². The Labute approximate surface area is 140 Å². The number of thiocarbonyl (C=S) groups is 1. The maximum absolute atomic E-state index is 10.8.